The molecule has 0 aliphatic heterocycles. The zero-order chi connectivity index (χ0) is 13.8. The second-order valence-electron chi connectivity index (χ2n) is 4.23. The summed E-state index contributed by atoms with van der Waals surface area (Å²) in [5, 5.41) is 29.5. The lowest BCUT2D eigenvalue weighted by atomic mass is 9.88. The summed E-state index contributed by atoms with van der Waals surface area (Å²) in [6.45, 7) is 2.03. The van der Waals surface area contributed by atoms with Crippen LogP contribution in [0.15, 0.2) is 24.3 Å². The van der Waals surface area contributed by atoms with Gasteiger partial charge in [0.15, 0.2) is 0 Å². The van der Waals surface area contributed by atoms with E-state index in [1.165, 1.54) is 0 Å². The molecule has 0 N–H and O–H groups in total. The lowest BCUT2D eigenvalue weighted by molar-refractivity contribution is 0.925. The molecule has 0 aliphatic rings. The minimum absolute atomic E-state index is 0.201. The molecule has 2 aromatic carbocycles. The predicted octanol–water partition coefficient (Wildman–Crippen LogP) is 3.41. The van der Waals surface area contributed by atoms with Gasteiger partial charge in [-0.15, -0.1) is 0 Å². The van der Waals surface area contributed by atoms with Crippen molar-refractivity contribution < 1.29 is 0 Å². The largest absolute Gasteiger partial charge is 0.192 e. The van der Waals surface area contributed by atoms with E-state index < -0.39 is 0 Å². The highest BCUT2D eigenvalue weighted by Crippen LogP contribution is 2.30. The molecule has 19 heavy (non-hydrogen) atoms. The third kappa shape index (κ3) is 1.90. The van der Waals surface area contributed by atoms with E-state index in [9.17, 15) is 15.8 Å². The molecule has 0 bridgehead atoms. The Morgan fingerprint density at radius 3 is 1.95 bits per heavy atom. The Morgan fingerprint density at radius 2 is 1.42 bits per heavy atom. The number of aryl methyl sites for hydroxylation is 1. The van der Waals surface area contributed by atoms with Gasteiger partial charge in [-0.1, -0.05) is 37.6 Å². The summed E-state index contributed by atoms with van der Waals surface area (Å²) in [7, 11) is 0. The van der Waals surface area contributed by atoms with Crippen molar-refractivity contribution in [2.45, 2.75) is 19.8 Å². The van der Waals surface area contributed by atoms with Gasteiger partial charge in [-0.25, -0.2) is 0 Å². The summed E-state index contributed by atoms with van der Waals surface area (Å²) in [5.41, 5.74) is 1.72. The van der Waals surface area contributed by atoms with Crippen LogP contribution in [0, 0.1) is 34.0 Å². The van der Waals surface area contributed by atoms with Gasteiger partial charge in [0, 0.05) is 5.39 Å². The molecule has 0 aromatic heterocycles. The van der Waals surface area contributed by atoms with Gasteiger partial charge >= 0.3 is 0 Å². The highest BCUT2D eigenvalue weighted by Gasteiger charge is 2.18. The van der Waals surface area contributed by atoms with Gasteiger partial charge in [0.2, 0.25) is 0 Å². The Morgan fingerprint density at radius 1 is 0.842 bits per heavy atom. The van der Waals surface area contributed by atoms with E-state index >= 15 is 0 Å². The van der Waals surface area contributed by atoms with Crippen LogP contribution >= 0.6 is 0 Å². The normalized spacial score (nSPS) is 9.58. The highest BCUT2D eigenvalue weighted by atomic mass is 14.3. The number of nitrogens with zero attached hydrogens (tertiary/aromatic N) is 3. The quantitative estimate of drug-likeness (QED) is 0.813. The molecule has 3 heteroatoms. The van der Waals surface area contributed by atoms with Crippen molar-refractivity contribution in [2.24, 2.45) is 0 Å². The second-order valence-corrected chi connectivity index (χ2v) is 4.23. The van der Waals surface area contributed by atoms with Crippen molar-refractivity contribution in [3.05, 3.63) is 46.5 Å². The summed E-state index contributed by atoms with van der Waals surface area (Å²) >= 11 is 0. The molecular weight excluding hydrogens is 234 g/mol. The minimum atomic E-state index is 0.201. The number of hydrogen-bond acceptors (Lipinski definition) is 3. The van der Waals surface area contributed by atoms with Crippen LogP contribution in [0.3, 0.4) is 0 Å². The maximum Gasteiger partial charge on any atom is 0.102 e. The molecular formula is C16H11N3. The van der Waals surface area contributed by atoms with E-state index in [1.54, 1.807) is 0 Å². The number of benzene rings is 2. The number of fused-ring (bicyclic) bond motifs is 1. The van der Waals surface area contributed by atoms with Crippen LogP contribution in [-0.2, 0) is 6.42 Å². The fourth-order valence-electron chi connectivity index (χ4n) is 2.37. The van der Waals surface area contributed by atoms with E-state index in [2.05, 4.69) is 12.1 Å². The van der Waals surface area contributed by atoms with Gasteiger partial charge < -0.3 is 0 Å². The van der Waals surface area contributed by atoms with E-state index in [0.29, 0.717) is 11.1 Å². The van der Waals surface area contributed by atoms with Gasteiger partial charge in [0.25, 0.3) is 0 Å². The molecule has 0 fully saturated rings. The molecule has 0 saturated carbocycles. The Labute approximate surface area is 111 Å². The lowest BCUT2D eigenvalue weighted by Crippen LogP contribution is -2.00. The SMILES string of the molecule is CCCc1c(C#N)c(C#N)c(C#N)c2ccccc12. The fraction of sp³-hybridized carbons (Fsp3) is 0.188. The van der Waals surface area contributed by atoms with Crippen molar-refractivity contribution in [1.82, 2.24) is 0 Å². The smallest absolute Gasteiger partial charge is 0.102 e. The molecule has 0 radical (unpaired) electrons. The number of rotatable bonds is 2. The first-order chi connectivity index (χ1) is 9.28. The van der Waals surface area contributed by atoms with Gasteiger partial charge in [-0.2, -0.15) is 15.8 Å². The standard InChI is InChI=1S/C16H11N3/c1-2-5-11-12-6-3-4-7-13(12)15(9-18)16(10-19)14(11)8-17/h3-4,6-7H,2,5H2,1H3. The van der Waals surface area contributed by atoms with Crippen LogP contribution in [-0.4, -0.2) is 0 Å². The maximum atomic E-state index is 9.33. The van der Waals surface area contributed by atoms with Gasteiger partial charge in [0.1, 0.15) is 18.2 Å². The first-order valence-corrected chi connectivity index (χ1v) is 6.06. The van der Waals surface area contributed by atoms with Crippen molar-refractivity contribution in [2.75, 3.05) is 0 Å². The first-order valence-electron chi connectivity index (χ1n) is 6.06. The molecule has 0 unspecified atom stereocenters. The van der Waals surface area contributed by atoms with E-state index in [1.807, 2.05) is 37.3 Å². The van der Waals surface area contributed by atoms with Gasteiger partial charge in [0.05, 0.1) is 16.7 Å². The van der Waals surface area contributed by atoms with Crippen LogP contribution in [0.1, 0.15) is 35.6 Å². The lowest BCUT2D eigenvalue weighted by Gasteiger charge is -2.11. The molecule has 2 aromatic rings. The average Bonchev–Trinajstić information content (AvgIpc) is 2.46. The van der Waals surface area contributed by atoms with Gasteiger partial charge in [-0.05, 0) is 17.4 Å². The van der Waals surface area contributed by atoms with E-state index in [4.69, 9.17) is 0 Å². The summed E-state index contributed by atoms with van der Waals surface area (Å²) in [5.74, 6) is 0. The van der Waals surface area contributed by atoms with Crippen molar-refractivity contribution in [3.8, 4) is 18.2 Å². The second kappa shape index (κ2) is 5.21. The maximum absolute atomic E-state index is 9.33. The molecule has 0 spiro atoms. The van der Waals surface area contributed by atoms with E-state index in [-0.39, 0.29) is 5.56 Å². The topological polar surface area (TPSA) is 71.4 Å². The molecule has 0 amide bonds. The third-order valence-corrected chi connectivity index (χ3v) is 3.16. The molecule has 2 rings (SSSR count). The summed E-state index contributed by atoms with van der Waals surface area (Å²) in [6, 6.07) is 13.6. The van der Waals surface area contributed by atoms with Crippen molar-refractivity contribution >= 4 is 10.8 Å². The van der Waals surface area contributed by atoms with Crippen molar-refractivity contribution in [3.63, 3.8) is 0 Å². The fourth-order valence-corrected chi connectivity index (χ4v) is 2.37. The number of hydrogen-bond donors (Lipinski definition) is 0. The Balaban J connectivity index is 3.05. The minimum Gasteiger partial charge on any atom is -0.192 e. The summed E-state index contributed by atoms with van der Waals surface area (Å²) in [6.07, 6.45) is 1.61. The highest BCUT2D eigenvalue weighted by molar-refractivity contribution is 5.95. The Kier molecular flexibility index (Phi) is 3.46. The molecule has 0 atom stereocenters. The van der Waals surface area contributed by atoms with Crippen LogP contribution in [0.2, 0.25) is 0 Å². The van der Waals surface area contributed by atoms with Crippen LogP contribution in [0.5, 0.6) is 0 Å². The number of nitriles is 3. The first kappa shape index (κ1) is 12.6. The summed E-state index contributed by atoms with van der Waals surface area (Å²) in [4.78, 5) is 0. The van der Waals surface area contributed by atoms with Crippen LogP contribution in [0.25, 0.3) is 10.8 Å². The zero-order valence-electron chi connectivity index (χ0n) is 10.6. The summed E-state index contributed by atoms with van der Waals surface area (Å²) < 4.78 is 0. The van der Waals surface area contributed by atoms with E-state index in [0.717, 1.165) is 29.2 Å². The monoisotopic (exact) mass is 245 g/mol. The molecule has 0 saturated heterocycles. The molecule has 0 heterocycles. The zero-order valence-corrected chi connectivity index (χ0v) is 10.6. The molecule has 90 valence electrons. The molecule has 3 nitrogen and oxygen atoms in total. The predicted molar refractivity (Wildman–Crippen MR) is 72.1 cm³/mol. The van der Waals surface area contributed by atoms with Gasteiger partial charge in [-0.3, -0.25) is 0 Å². The Bertz CT molecular complexity index is 768. The van der Waals surface area contributed by atoms with Crippen LogP contribution in [0.4, 0.5) is 0 Å². The molecule has 0 aliphatic carbocycles. The average molecular weight is 245 g/mol. The van der Waals surface area contributed by atoms with Crippen LogP contribution < -0.4 is 0 Å². The van der Waals surface area contributed by atoms with Crippen molar-refractivity contribution in [1.29, 1.82) is 15.8 Å². The third-order valence-electron chi connectivity index (χ3n) is 3.16. The Hall–Kier alpha value is -2.83.